The van der Waals surface area contributed by atoms with E-state index in [1.54, 1.807) is 0 Å². The fourth-order valence-corrected chi connectivity index (χ4v) is 1.55. The van der Waals surface area contributed by atoms with Crippen molar-refractivity contribution in [3.63, 3.8) is 0 Å². The Balaban J connectivity index is 2.10. The van der Waals surface area contributed by atoms with E-state index in [0.29, 0.717) is 5.71 Å². The van der Waals surface area contributed by atoms with E-state index in [9.17, 15) is 0 Å². The molecular weight excluding hydrogens is 272 g/mol. The van der Waals surface area contributed by atoms with Crippen molar-refractivity contribution in [1.29, 1.82) is 0 Å². The highest BCUT2D eigenvalue weighted by Crippen LogP contribution is 2.21. The molecule has 0 radical (unpaired) electrons. The zero-order valence-electron chi connectivity index (χ0n) is 8.34. The third-order valence-electron chi connectivity index (χ3n) is 2.09. The molecule has 1 aromatic carbocycles. The summed E-state index contributed by atoms with van der Waals surface area (Å²) < 4.78 is 0.924. The molecule has 0 saturated heterocycles. The average molecular weight is 283 g/mol. The van der Waals surface area contributed by atoms with Crippen molar-refractivity contribution in [2.45, 2.75) is 6.17 Å². The maximum absolute atomic E-state index is 5.72. The SMILES string of the molecule is NC1C(=NNc2ccccc2Br)C=NN1N. The Morgan fingerprint density at radius 3 is 2.81 bits per heavy atom. The van der Waals surface area contributed by atoms with Gasteiger partial charge in [-0.2, -0.15) is 10.2 Å². The van der Waals surface area contributed by atoms with E-state index < -0.39 is 6.17 Å². The number of para-hydroxylation sites is 1. The lowest BCUT2D eigenvalue weighted by Crippen LogP contribution is -2.44. The Kier molecular flexibility index (Phi) is 3.18. The third kappa shape index (κ3) is 2.21. The first-order valence-corrected chi connectivity index (χ1v) is 5.39. The molecule has 1 atom stereocenters. The van der Waals surface area contributed by atoms with Crippen LogP contribution in [0, 0.1) is 0 Å². The summed E-state index contributed by atoms with van der Waals surface area (Å²) in [5.41, 5.74) is 10.0. The average Bonchev–Trinajstić information content (AvgIpc) is 2.59. The Labute approximate surface area is 101 Å². The van der Waals surface area contributed by atoms with Crippen LogP contribution in [0.25, 0.3) is 0 Å². The molecular formula is C9H11BrN6. The standard InChI is InChI=1S/C9H11BrN6/c10-6-3-1-2-4-7(6)14-15-8-5-13-16(12)9(8)11/h1-5,9,14H,11-12H2. The van der Waals surface area contributed by atoms with Gasteiger partial charge in [0, 0.05) is 4.47 Å². The number of halogens is 1. The number of anilines is 1. The maximum atomic E-state index is 5.72. The fourth-order valence-electron chi connectivity index (χ4n) is 1.18. The van der Waals surface area contributed by atoms with Crippen LogP contribution in [0.4, 0.5) is 5.69 Å². The lowest BCUT2D eigenvalue weighted by atomic mass is 10.3. The second-order valence-corrected chi connectivity index (χ2v) is 4.05. The van der Waals surface area contributed by atoms with Crippen molar-refractivity contribution >= 4 is 33.5 Å². The highest BCUT2D eigenvalue weighted by atomic mass is 79.9. The molecule has 0 amide bonds. The first kappa shape index (κ1) is 11.1. The number of rotatable bonds is 2. The Morgan fingerprint density at radius 2 is 2.19 bits per heavy atom. The second-order valence-electron chi connectivity index (χ2n) is 3.20. The Morgan fingerprint density at radius 1 is 1.44 bits per heavy atom. The largest absolute Gasteiger partial charge is 0.303 e. The summed E-state index contributed by atoms with van der Waals surface area (Å²) in [6, 6.07) is 7.64. The molecule has 1 aliphatic heterocycles. The second kappa shape index (κ2) is 4.60. The van der Waals surface area contributed by atoms with Gasteiger partial charge in [0.1, 0.15) is 5.71 Å². The van der Waals surface area contributed by atoms with E-state index >= 15 is 0 Å². The first-order valence-electron chi connectivity index (χ1n) is 4.60. The zero-order chi connectivity index (χ0) is 11.5. The minimum atomic E-state index is -0.505. The Hall–Kier alpha value is -1.44. The molecule has 2 rings (SSSR count). The highest BCUT2D eigenvalue weighted by molar-refractivity contribution is 9.10. The minimum Gasteiger partial charge on any atom is -0.303 e. The Bertz CT molecular complexity index is 443. The molecule has 0 fully saturated rings. The van der Waals surface area contributed by atoms with Gasteiger partial charge >= 0.3 is 0 Å². The van der Waals surface area contributed by atoms with Crippen LogP contribution in [-0.2, 0) is 0 Å². The van der Waals surface area contributed by atoms with E-state index in [-0.39, 0.29) is 0 Å². The quantitative estimate of drug-likeness (QED) is 0.549. The lowest BCUT2D eigenvalue weighted by molar-refractivity contribution is 0.280. The number of nitrogens with two attached hydrogens (primary N) is 2. The van der Waals surface area contributed by atoms with Crippen LogP contribution < -0.4 is 17.0 Å². The van der Waals surface area contributed by atoms with Crippen LogP contribution in [-0.4, -0.2) is 23.2 Å². The van der Waals surface area contributed by atoms with Crippen molar-refractivity contribution in [1.82, 2.24) is 5.12 Å². The molecule has 6 nitrogen and oxygen atoms in total. The van der Waals surface area contributed by atoms with Gasteiger partial charge < -0.3 is 5.73 Å². The van der Waals surface area contributed by atoms with Crippen LogP contribution in [0.15, 0.2) is 38.9 Å². The smallest absolute Gasteiger partial charge is 0.157 e. The molecule has 1 unspecified atom stereocenters. The van der Waals surface area contributed by atoms with Crippen LogP contribution >= 0.6 is 15.9 Å². The molecule has 0 aliphatic carbocycles. The monoisotopic (exact) mass is 282 g/mol. The maximum Gasteiger partial charge on any atom is 0.157 e. The van der Waals surface area contributed by atoms with Gasteiger partial charge in [0.25, 0.3) is 0 Å². The van der Waals surface area contributed by atoms with Gasteiger partial charge in [-0.15, -0.1) is 0 Å². The van der Waals surface area contributed by atoms with Crippen molar-refractivity contribution in [2.75, 3.05) is 5.43 Å². The van der Waals surface area contributed by atoms with E-state index in [2.05, 4.69) is 31.6 Å². The minimum absolute atomic E-state index is 0.505. The number of nitrogens with one attached hydrogen (secondary N) is 1. The van der Waals surface area contributed by atoms with Crippen LogP contribution in [0.2, 0.25) is 0 Å². The van der Waals surface area contributed by atoms with Gasteiger partial charge in [0.05, 0.1) is 11.9 Å². The van der Waals surface area contributed by atoms with Crippen LogP contribution in [0.5, 0.6) is 0 Å². The van der Waals surface area contributed by atoms with Gasteiger partial charge in [-0.3, -0.25) is 5.43 Å². The number of benzene rings is 1. The van der Waals surface area contributed by atoms with Crippen LogP contribution in [0.3, 0.4) is 0 Å². The highest BCUT2D eigenvalue weighted by Gasteiger charge is 2.20. The summed E-state index contributed by atoms with van der Waals surface area (Å²) in [5.74, 6) is 5.46. The summed E-state index contributed by atoms with van der Waals surface area (Å²) in [5, 5.41) is 9.09. The van der Waals surface area contributed by atoms with Crippen molar-refractivity contribution in [3.8, 4) is 0 Å². The predicted molar refractivity (Wildman–Crippen MR) is 67.7 cm³/mol. The molecule has 0 bridgehead atoms. The van der Waals surface area contributed by atoms with E-state index in [1.165, 1.54) is 6.21 Å². The van der Waals surface area contributed by atoms with Gasteiger partial charge in [-0.25, -0.2) is 11.0 Å². The topological polar surface area (TPSA) is 92.0 Å². The molecule has 7 heteroatoms. The zero-order valence-corrected chi connectivity index (χ0v) is 9.92. The summed E-state index contributed by atoms with van der Waals surface area (Å²) in [7, 11) is 0. The molecule has 0 spiro atoms. The summed E-state index contributed by atoms with van der Waals surface area (Å²) >= 11 is 3.40. The lowest BCUT2D eigenvalue weighted by Gasteiger charge is -2.12. The molecule has 0 saturated carbocycles. The summed E-state index contributed by atoms with van der Waals surface area (Å²) in [6.45, 7) is 0. The molecule has 1 heterocycles. The molecule has 1 aliphatic rings. The van der Waals surface area contributed by atoms with Crippen molar-refractivity contribution in [3.05, 3.63) is 28.7 Å². The van der Waals surface area contributed by atoms with E-state index in [0.717, 1.165) is 15.3 Å². The molecule has 0 aromatic heterocycles. The normalized spacial score (nSPS) is 21.8. The summed E-state index contributed by atoms with van der Waals surface area (Å²) in [4.78, 5) is 0. The fraction of sp³-hybridized carbons (Fsp3) is 0.111. The molecule has 16 heavy (non-hydrogen) atoms. The number of hydrogen-bond donors (Lipinski definition) is 3. The number of hydrazone groups is 2. The predicted octanol–water partition coefficient (Wildman–Crippen LogP) is 0.677. The van der Waals surface area contributed by atoms with Gasteiger partial charge in [0.2, 0.25) is 0 Å². The number of hydrogen-bond acceptors (Lipinski definition) is 6. The molecule has 1 aromatic rings. The molecule has 84 valence electrons. The molecule has 5 N–H and O–H groups in total. The van der Waals surface area contributed by atoms with Crippen molar-refractivity contribution in [2.24, 2.45) is 21.8 Å². The number of nitrogens with zero attached hydrogens (tertiary/aromatic N) is 3. The first-order chi connectivity index (χ1) is 7.68. The number of hydrazine groups is 1. The summed E-state index contributed by atoms with van der Waals surface area (Å²) in [6.07, 6.45) is 1.02. The van der Waals surface area contributed by atoms with Gasteiger partial charge in [-0.1, -0.05) is 12.1 Å². The van der Waals surface area contributed by atoms with E-state index in [4.69, 9.17) is 11.6 Å². The van der Waals surface area contributed by atoms with Gasteiger partial charge in [0.15, 0.2) is 6.17 Å². The third-order valence-corrected chi connectivity index (χ3v) is 2.78. The van der Waals surface area contributed by atoms with E-state index in [1.807, 2.05) is 24.3 Å². The van der Waals surface area contributed by atoms with Crippen LogP contribution in [0.1, 0.15) is 0 Å². The van der Waals surface area contributed by atoms with Gasteiger partial charge in [-0.05, 0) is 28.1 Å². The van der Waals surface area contributed by atoms with Crippen molar-refractivity contribution < 1.29 is 0 Å².